The molecule has 34 heavy (non-hydrogen) atoms. The highest BCUT2D eigenvalue weighted by atomic mass is 16.5. The van der Waals surface area contributed by atoms with E-state index in [0.29, 0.717) is 11.5 Å². The topological polar surface area (TPSA) is 60.7 Å². The van der Waals surface area contributed by atoms with Gasteiger partial charge in [-0.3, -0.25) is 0 Å². The van der Waals surface area contributed by atoms with Crippen LogP contribution in [-0.2, 0) is 17.8 Å². The summed E-state index contributed by atoms with van der Waals surface area (Å²) in [4.78, 5) is 12.2. The third-order valence-corrected chi connectivity index (χ3v) is 6.35. The van der Waals surface area contributed by atoms with Crippen molar-refractivity contribution < 1.29 is 23.6 Å². The van der Waals surface area contributed by atoms with Gasteiger partial charge in [0.05, 0.1) is 33.3 Å². The summed E-state index contributed by atoms with van der Waals surface area (Å²) in [6.45, 7) is 2.26. The second-order valence-corrected chi connectivity index (χ2v) is 8.33. The molecule has 0 saturated heterocycles. The number of nitrogens with zero attached hydrogens (tertiary/aromatic N) is 1. The van der Waals surface area contributed by atoms with Gasteiger partial charge in [0, 0.05) is 30.5 Å². The van der Waals surface area contributed by atoms with E-state index in [0.717, 1.165) is 57.7 Å². The number of hydrogen-bond acceptors (Lipinski definition) is 4. The molecule has 4 aromatic rings. The number of anilines is 1. The minimum Gasteiger partial charge on any atom is -0.496 e. The Morgan fingerprint density at radius 3 is 2.24 bits per heavy atom. The largest absolute Gasteiger partial charge is 0.496 e. The molecular formula is C28H27N2O4+. The molecular weight excluding hydrogens is 428 g/mol. The summed E-state index contributed by atoms with van der Waals surface area (Å²) in [5.74, 6) is 2.75. The van der Waals surface area contributed by atoms with Gasteiger partial charge >= 0.3 is 5.91 Å². The number of amides is 1. The standard InChI is InChI=1S/C28H26N2O4/c1-17(31)29-28-23-16-27(34-4)26(33-3)14-20(23)12-24-21-15-22(18-8-6-5-7-9-18)25(32-2)13-19(21)10-11-30(24)28/h5-9,12-16H,10-11H2,1-4H3/p+1. The van der Waals surface area contributed by atoms with E-state index < -0.39 is 0 Å². The Morgan fingerprint density at radius 1 is 0.853 bits per heavy atom. The molecule has 1 aliphatic heterocycles. The summed E-state index contributed by atoms with van der Waals surface area (Å²) in [7, 11) is 4.95. The summed E-state index contributed by atoms with van der Waals surface area (Å²) in [6, 6.07) is 20.6. The van der Waals surface area contributed by atoms with Crippen LogP contribution < -0.4 is 24.1 Å². The Hall–Kier alpha value is -4.06. The number of ether oxygens (including phenoxy) is 3. The lowest BCUT2D eigenvalue weighted by Gasteiger charge is -2.23. The van der Waals surface area contributed by atoms with Crippen molar-refractivity contribution in [3.8, 4) is 39.6 Å². The molecule has 0 radical (unpaired) electrons. The number of fused-ring (bicyclic) bond motifs is 4. The normalized spacial score (nSPS) is 12.0. The van der Waals surface area contributed by atoms with Crippen LogP contribution in [0.2, 0.25) is 0 Å². The number of hydrogen-bond donors (Lipinski definition) is 1. The number of rotatable bonds is 5. The maximum absolute atomic E-state index is 12.2. The van der Waals surface area contributed by atoms with Gasteiger partial charge in [-0.2, -0.15) is 0 Å². The maximum Gasteiger partial charge on any atom is 0.304 e. The number of nitrogens with one attached hydrogen (secondary N) is 1. The zero-order valence-corrected chi connectivity index (χ0v) is 19.8. The SMILES string of the molecule is COc1cc2cc3[n+](c(NC(C)=O)c2cc1OC)CCc1cc(OC)c(-c2ccccc2)cc1-3. The van der Waals surface area contributed by atoms with E-state index in [4.69, 9.17) is 14.2 Å². The number of aromatic nitrogens is 1. The average molecular weight is 456 g/mol. The summed E-state index contributed by atoms with van der Waals surface area (Å²) in [6.07, 6.45) is 0.823. The number of aryl methyl sites for hydroxylation is 1. The molecule has 6 heteroatoms. The number of carbonyl (C=O) groups excluding carboxylic acids is 1. The second-order valence-electron chi connectivity index (χ2n) is 8.33. The second kappa shape index (κ2) is 8.71. The number of pyridine rings is 1. The molecule has 2 heterocycles. The summed E-state index contributed by atoms with van der Waals surface area (Å²) >= 11 is 0. The number of methoxy groups -OCH3 is 3. The van der Waals surface area contributed by atoms with Gasteiger partial charge in [-0.1, -0.05) is 30.3 Å². The summed E-state index contributed by atoms with van der Waals surface area (Å²) in [5.41, 5.74) is 5.49. The van der Waals surface area contributed by atoms with Crippen molar-refractivity contribution in [2.24, 2.45) is 0 Å². The van der Waals surface area contributed by atoms with Gasteiger partial charge in [0.25, 0.3) is 5.82 Å². The van der Waals surface area contributed by atoms with Crippen LogP contribution in [-0.4, -0.2) is 27.2 Å². The quantitative estimate of drug-likeness (QED) is 0.430. The highest BCUT2D eigenvalue weighted by Gasteiger charge is 2.29. The van der Waals surface area contributed by atoms with Crippen molar-refractivity contribution in [1.82, 2.24) is 0 Å². The monoisotopic (exact) mass is 455 g/mol. The first kappa shape index (κ1) is 21.8. The van der Waals surface area contributed by atoms with Crippen LogP contribution in [0.5, 0.6) is 17.2 Å². The molecule has 0 unspecified atom stereocenters. The zero-order chi connectivity index (χ0) is 23.8. The van der Waals surface area contributed by atoms with E-state index in [1.807, 2.05) is 30.3 Å². The molecule has 1 amide bonds. The minimum atomic E-state index is -0.123. The molecule has 0 saturated carbocycles. The number of carbonyl (C=O) groups is 1. The van der Waals surface area contributed by atoms with Crippen LogP contribution >= 0.6 is 0 Å². The van der Waals surface area contributed by atoms with Gasteiger partial charge in [0.2, 0.25) is 0 Å². The van der Waals surface area contributed by atoms with E-state index in [9.17, 15) is 4.79 Å². The van der Waals surface area contributed by atoms with Crippen molar-refractivity contribution in [1.29, 1.82) is 0 Å². The fourth-order valence-electron chi connectivity index (χ4n) is 4.78. The van der Waals surface area contributed by atoms with E-state index in [2.05, 4.69) is 40.2 Å². The Bertz CT molecular complexity index is 1410. The fraction of sp³-hybridized carbons (Fsp3) is 0.214. The van der Waals surface area contributed by atoms with Gasteiger partial charge < -0.3 is 14.2 Å². The molecule has 0 fully saturated rings. The van der Waals surface area contributed by atoms with Gasteiger partial charge in [-0.15, -0.1) is 0 Å². The molecule has 172 valence electrons. The van der Waals surface area contributed by atoms with Gasteiger partial charge in [-0.05, 0) is 40.8 Å². The van der Waals surface area contributed by atoms with E-state index >= 15 is 0 Å². The molecule has 6 nitrogen and oxygen atoms in total. The highest BCUT2D eigenvalue weighted by Crippen LogP contribution is 2.41. The molecule has 0 aliphatic carbocycles. The van der Waals surface area contributed by atoms with Crippen LogP contribution in [0.25, 0.3) is 33.2 Å². The van der Waals surface area contributed by atoms with Crippen LogP contribution in [0, 0.1) is 0 Å². The van der Waals surface area contributed by atoms with Gasteiger partial charge in [0.15, 0.2) is 11.5 Å². The molecule has 0 bridgehead atoms. The van der Waals surface area contributed by atoms with Crippen LogP contribution in [0.3, 0.4) is 0 Å². The molecule has 0 atom stereocenters. The predicted octanol–water partition coefficient (Wildman–Crippen LogP) is 5.00. The minimum absolute atomic E-state index is 0.123. The first-order valence-electron chi connectivity index (χ1n) is 11.2. The lowest BCUT2D eigenvalue weighted by atomic mass is 9.91. The van der Waals surface area contributed by atoms with Crippen molar-refractivity contribution in [2.45, 2.75) is 19.9 Å². The lowest BCUT2D eigenvalue weighted by molar-refractivity contribution is -0.672. The Morgan fingerprint density at radius 2 is 1.56 bits per heavy atom. The Kier molecular flexibility index (Phi) is 5.57. The summed E-state index contributed by atoms with van der Waals surface area (Å²) in [5, 5.41) is 4.92. The van der Waals surface area contributed by atoms with Crippen LogP contribution in [0.1, 0.15) is 12.5 Å². The molecule has 3 aromatic carbocycles. The molecule has 1 N–H and O–H groups in total. The predicted molar refractivity (Wildman–Crippen MR) is 133 cm³/mol. The Labute approximate surface area is 198 Å². The van der Waals surface area contributed by atoms with Gasteiger partial charge in [0.1, 0.15) is 11.4 Å². The molecule has 1 aromatic heterocycles. The maximum atomic E-state index is 12.2. The average Bonchev–Trinajstić information content (AvgIpc) is 2.87. The fourth-order valence-corrected chi connectivity index (χ4v) is 4.78. The molecule has 0 spiro atoms. The third-order valence-electron chi connectivity index (χ3n) is 6.35. The summed E-state index contributed by atoms with van der Waals surface area (Å²) < 4.78 is 19.0. The molecule has 1 aliphatic rings. The van der Waals surface area contributed by atoms with Crippen LogP contribution in [0.15, 0.2) is 60.7 Å². The van der Waals surface area contributed by atoms with Crippen molar-refractivity contribution >= 4 is 22.5 Å². The lowest BCUT2D eigenvalue weighted by Crippen LogP contribution is -2.43. The van der Waals surface area contributed by atoms with Crippen LogP contribution in [0.4, 0.5) is 5.82 Å². The number of benzene rings is 3. The van der Waals surface area contributed by atoms with E-state index in [-0.39, 0.29) is 5.91 Å². The molecule has 5 rings (SSSR count). The van der Waals surface area contributed by atoms with Crippen molar-refractivity contribution in [3.63, 3.8) is 0 Å². The smallest absolute Gasteiger partial charge is 0.304 e. The van der Waals surface area contributed by atoms with Crippen molar-refractivity contribution in [2.75, 3.05) is 26.6 Å². The highest BCUT2D eigenvalue weighted by molar-refractivity contribution is 6.01. The Balaban J connectivity index is 1.81. The van der Waals surface area contributed by atoms with Crippen molar-refractivity contribution in [3.05, 3.63) is 66.2 Å². The first-order chi connectivity index (χ1) is 16.5. The third kappa shape index (κ3) is 3.61. The first-order valence-corrected chi connectivity index (χ1v) is 11.2. The van der Waals surface area contributed by atoms with Gasteiger partial charge in [-0.25, -0.2) is 14.7 Å². The zero-order valence-electron chi connectivity index (χ0n) is 19.8. The van der Waals surface area contributed by atoms with E-state index in [1.54, 1.807) is 21.3 Å². The van der Waals surface area contributed by atoms with E-state index in [1.165, 1.54) is 12.5 Å².